The third kappa shape index (κ3) is 4.95. The zero-order chi connectivity index (χ0) is 34.1. The molecular weight excluding hydrogens is 659 g/mol. The zero-order valence-corrected chi connectivity index (χ0v) is 28.2. The molecule has 1 N–H and O–H groups in total. The second-order valence-electron chi connectivity index (χ2n) is 13.1. The van der Waals surface area contributed by atoms with Gasteiger partial charge in [-0.3, -0.25) is 9.78 Å². The number of nitrogens with zero attached hydrogens (tertiary/aromatic N) is 5. The summed E-state index contributed by atoms with van der Waals surface area (Å²) in [4.78, 5) is 27.0. The Labute approximate surface area is 290 Å². The quantitative estimate of drug-likeness (QED) is 0.171. The second-order valence-corrected chi connectivity index (χ2v) is 14.1. The van der Waals surface area contributed by atoms with Crippen molar-refractivity contribution in [1.29, 1.82) is 0 Å². The summed E-state index contributed by atoms with van der Waals surface area (Å²) in [6.45, 7) is 2.42. The molecule has 3 aliphatic rings. The van der Waals surface area contributed by atoms with Crippen LogP contribution >= 0.6 is 11.3 Å². The Morgan fingerprint density at radius 3 is 2.70 bits per heavy atom. The van der Waals surface area contributed by atoms with Gasteiger partial charge in [0.25, 0.3) is 5.91 Å². The molecule has 2 aromatic carbocycles. The number of benzene rings is 2. The predicted octanol–water partition coefficient (Wildman–Crippen LogP) is 8.18. The van der Waals surface area contributed by atoms with Crippen LogP contribution in [0.3, 0.4) is 0 Å². The molecule has 6 aromatic rings. The van der Waals surface area contributed by atoms with E-state index in [2.05, 4.69) is 21.6 Å². The van der Waals surface area contributed by atoms with Crippen molar-refractivity contribution in [3.8, 4) is 27.6 Å². The van der Waals surface area contributed by atoms with Crippen LogP contribution in [0.5, 0.6) is 5.75 Å². The minimum absolute atomic E-state index is 0.0368. The van der Waals surface area contributed by atoms with E-state index in [0.717, 1.165) is 67.9 Å². The minimum Gasteiger partial charge on any atom is -0.493 e. The van der Waals surface area contributed by atoms with Gasteiger partial charge in [0, 0.05) is 35.7 Å². The van der Waals surface area contributed by atoms with Crippen LogP contribution < -0.4 is 10.1 Å². The number of pyridine rings is 2. The lowest BCUT2D eigenvalue weighted by atomic mass is 9.93. The first kappa shape index (κ1) is 30.8. The molecule has 2 aliphatic heterocycles. The van der Waals surface area contributed by atoms with E-state index in [9.17, 15) is 13.6 Å². The number of carbonyl (C=O) groups excluding carboxylic acids is 1. The molecule has 6 heterocycles. The van der Waals surface area contributed by atoms with Crippen LogP contribution in [-0.4, -0.2) is 44.6 Å². The van der Waals surface area contributed by atoms with Gasteiger partial charge in [-0.15, -0.1) is 21.5 Å². The Morgan fingerprint density at radius 2 is 1.90 bits per heavy atom. The van der Waals surface area contributed by atoms with Crippen LogP contribution in [0.25, 0.3) is 32.0 Å². The lowest BCUT2D eigenvalue weighted by Gasteiger charge is -2.16. The van der Waals surface area contributed by atoms with E-state index in [1.807, 2.05) is 17.0 Å². The molecule has 12 heteroatoms. The largest absolute Gasteiger partial charge is 0.493 e. The monoisotopic (exact) mass is 690 g/mol. The smallest absolute Gasteiger partial charge is 0.257 e. The summed E-state index contributed by atoms with van der Waals surface area (Å²) in [6.07, 6.45) is 6.14. The van der Waals surface area contributed by atoms with Crippen LogP contribution in [0.4, 0.5) is 14.6 Å². The van der Waals surface area contributed by atoms with Gasteiger partial charge < -0.3 is 19.4 Å². The third-order valence-electron chi connectivity index (χ3n) is 10.1. The summed E-state index contributed by atoms with van der Waals surface area (Å²) in [6, 6.07) is 13.7. The standard InChI is InChI=1S/C38H32F2N6O3S/c1-19-44-45-37(49-19)30-27(13-7-20-5-8-22(39)9-6-20)42-33-28-4-3-17-46(28)38(47)32(33)31(30)29-18-21-15-16-41-36(35(21)50-29)43-26-14-11-24-23(26)10-12-25(40)34(24)48-2/h5-6,8-10,12,15-16,18,26,28H,3-4,7,11,13-14,17H2,1-2H3,(H,41,43). The van der Waals surface area contributed by atoms with E-state index >= 15 is 0 Å². The normalized spacial score (nSPS) is 17.8. The number of hydrogen-bond donors (Lipinski definition) is 1. The maximum atomic E-state index is 14.5. The zero-order valence-electron chi connectivity index (χ0n) is 27.4. The van der Waals surface area contributed by atoms with Crippen LogP contribution in [0, 0.1) is 18.6 Å². The molecular formula is C38H32F2N6O3S. The number of rotatable bonds is 8. The third-order valence-corrected chi connectivity index (χ3v) is 11.3. The number of aryl methyl sites for hydroxylation is 3. The van der Waals surface area contributed by atoms with Crippen molar-refractivity contribution in [3.05, 3.63) is 106 Å². The van der Waals surface area contributed by atoms with Gasteiger partial charge in [0.2, 0.25) is 11.8 Å². The summed E-state index contributed by atoms with van der Waals surface area (Å²) in [7, 11) is 1.50. The Hall–Kier alpha value is -5.23. The summed E-state index contributed by atoms with van der Waals surface area (Å²) < 4.78 is 40.6. The first-order chi connectivity index (χ1) is 24.4. The first-order valence-electron chi connectivity index (χ1n) is 16.8. The van der Waals surface area contributed by atoms with E-state index in [1.54, 1.807) is 36.6 Å². The van der Waals surface area contributed by atoms with Crippen molar-refractivity contribution >= 4 is 33.1 Å². The average molecular weight is 691 g/mol. The molecule has 2 atom stereocenters. The number of ether oxygens (including phenoxy) is 1. The number of thiophene rings is 1. The topological polar surface area (TPSA) is 106 Å². The fourth-order valence-electron chi connectivity index (χ4n) is 7.89. The molecule has 252 valence electrons. The molecule has 1 fully saturated rings. The Balaban J connectivity index is 1.20. The van der Waals surface area contributed by atoms with Crippen molar-refractivity contribution in [2.24, 2.45) is 0 Å². The van der Waals surface area contributed by atoms with Crippen LogP contribution in [0.1, 0.15) is 75.7 Å². The summed E-state index contributed by atoms with van der Waals surface area (Å²) >= 11 is 1.55. The Kier molecular flexibility index (Phi) is 7.38. The lowest BCUT2D eigenvalue weighted by molar-refractivity contribution is 0.0776. The number of methoxy groups -OCH3 is 1. The molecule has 1 saturated heterocycles. The molecule has 0 radical (unpaired) electrons. The number of fused-ring (bicyclic) bond motifs is 5. The van der Waals surface area contributed by atoms with Gasteiger partial charge in [-0.05, 0) is 85.4 Å². The van der Waals surface area contributed by atoms with E-state index in [4.69, 9.17) is 19.1 Å². The average Bonchev–Trinajstić information content (AvgIpc) is 3.96. The van der Waals surface area contributed by atoms with E-state index in [0.29, 0.717) is 60.3 Å². The van der Waals surface area contributed by atoms with Crippen molar-refractivity contribution in [2.45, 2.75) is 57.5 Å². The Bertz CT molecular complexity index is 2320. The van der Waals surface area contributed by atoms with Crippen molar-refractivity contribution in [3.63, 3.8) is 0 Å². The van der Waals surface area contributed by atoms with Crippen molar-refractivity contribution < 1.29 is 22.7 Å². The SMILES string of the molecule is COc1c(F)ccc2c1CCC2Nc1nccc2cc(-c3c4c(nc(CCc5ccc(F)cc5)c3-c3nnc(C)o3)C3CCCN3C4=O)sc12. The molecule has 9 rings (SSSR count). The summed E-state index contributed by atoms with van der Waals surface area (Å²) in [5.41, 5.74) is 6.36. The molecule has 0 saturated carbocycles. The second kappa shape index (κ2) is 12.0. The van der Waals surface area contributed by atoms with E-state index in [1.165, 1.54) is 25.3 Å². The maximum absolute atomic E-state index is 14.5. The molecule has 2 unspecified atom stereocenters. The molecule has 9 nitrogen and oxygen atoms in total. The van der Waals surface area contributed by atoms with Gasteiger partial charge in [-0.1, -0.05) is 18.2 Å². The highest BCUT2D eigenvalue weighted by atomic mass is 32.1. The summed E-state index contributed by atoms with van der Waals surface area (Å²) in [5.74, 6) is 1.04. The van der Waals surface area contributed by atoms with Gasteiger partial charge in [0.05, 0.1) is 46.4 Å². The first-order valence-corrected chi connectivity index (χ1v) is 17.6. The molecule has 1 amide bonds. The van der Waals surface area contributed by atoms with E-state index in [-0.39, 0.29) is 29.6 Å². The van der Waals surface area contributed by atoms with E-state index < -0.39 is 0 Å². The number of nitrogens with one attached hydrogen (secondary N) is 1. The molecule has 0 bridgehead atoms. The van der Waals surface area contributed by atoms with Crippen LogP contribution in [-0.2, 0) is 19.3 Å². The highest BCUT2D eigenvalue weighted by Gasteiger charge is 2.45. The van der Waals surface area contributed by atoms with Crippen LogP contribution in [0.2, 0.25) is 0 Å². The van der Waals surface area contributed by atoms with Gasteiger partial charge >= 0.3 is 0 Å². The minimum atomic E-state index is -0.362. The van der Waals surface area contributed by atoms with Gasteiger partial charge in [-0.25, -0.2) is 13.8 Å². The predicted molar refractivity (Wildman–Crippen MR) is 185 cm³/mol. The van der Waals surface area contributed by atoms with Gasteiger partial charge in [0.15, 0.2) is 11.6 Å². The molecule has 50 heavy (non-hydrogen) atoms. The number of anilines is 1. The highest BCUT2D eigenvalue weighted by Crippen LogP contribution is 2.51. The molecule has 1 aliphatic carbocycles. The Morgan fingerprint density at radius 1 is 1.04 bits per heavy atom. The number of amides is 1. The number of hydrogen-bond acceptors (Lipinski definition) is 9. The number of halogens is 2. The fourth-order valence-corrected chi connectivity index (χ4v) is 9.05. The number of carbonyl (C=O) groups is 1. The van der Waals surface area contributed by atoms with Crippen LogP contribution in [0.15, 0.2) is 59.1 Å². The molecule has 4 aromatic heterocycles. The van der Waals surface area contributed by atoms with Crippen molar-refractivity contribution in [1.82, 2.24) is 25.1 Å². The van der Waals surface area contributed by atoms with Gasteiger partial charge in [-0.2, -0.15) is 0 Å². The molecule has 0 spiro atoms. The number of aromatic nitrogens is 4. The lowest BCUT2D eigenvalue weighted by Crippen LogP contribution is -2.22. The fraction of sp³-hybridized carbons (Fsp3) is 0.289. The highest BCUT2D eigenvalue weighted by molar-refractivity contribution is 7.23. The maximum Gasteiger partial charge on any atom is 0.257 e. The summed E-state index contributed by atoms with van der Waals surface area (Å²) in [5, 5.41) is 13.2. The van der Waals surface area contributed by atoms with Crippen molar-refractivity contribution in [2.75, 3.05) is 19.0 Å². The van der Waals surface area contributed by atoms with Gasteiger partial charge in [0.1, 0.15) is 11.6 Å².